The number of hydrogen-bond acceptors (Lipinski definition) is 6. The number of aromatic nitrogens is 2. The van der Waals surface area contributed by atoms with Crippen LogP contribution in [0.5, 0.6) is 5.88 Å². The highest BCUT2D eigenvalue weighted by atomic mass is 16.5. The minimum Gasteiger partial charge on any atom is -0.494 e. The number of aromatic hydroxyl groups is 1. The first kappa shape index (κ1) is 17.0. The van der Waals surface area contributed by atoms with E-state index in [0.29, 0.717) is 32.0 Å². The SMILES string of the molecule is C/C(=N\N1CCOCC1)c1c(O)n(Cc2ccccc2)c(=O)[nH]c1=O. The van der Waals surface area contributed by atoms with Gasteiger partial charge in [-0.3, -0.25) is 19.4 Å². The fourth-order valence-electron chi connectivity index (χ4n) is 2.71. The first-order valence-electron chi connectivity index (χ1n) is 8.04. The van der Waals surface area contributed by atoms with Crippen LogP contribution in [0.1, 0.15) is 18.1 Å². The van der Waals surface area contributed by atoms with Gasteiger partial charge in [0, 0.05) is 0 Å². The molecular weight excluding hydrogens is 324 g/mol. The Morgan fingerprint density at radius 3 is 2.60 bits per heavy atom. The lowest BCUT2D eigenvalue weighted by atomic mass is 10.2. The quantitative estimate of drug-likeness (QED) is 0.780. The second kappa shape index (κ2) is 7.35. The zero-order valence-electron chi connectivity index (χ0n) is 13.9. The maximum absolute atomic E-state index is 12.2. The zero-order valence-corrected chi connectivity index (χ0v) is 13.9. The number of nitrogens with one attached hydrogen (secondary N) is 1. The third-order valence-electron chi connectivity index (χ3n) is 4.00. The van der Waals surface area contributed by atoms with E-state index in [-0.39, 0.29) is 18.0 Å². The lowest BCUT2D eigenvalue weighted by molar-refractivity contribution is 0.0393. The van der Waals surface area contributed by atoms with Crippen LogP contribution in [0.15, 0.2) is 45.0 Å². The molecule has 0 spiro atoms. The highest BCUT2D eigenvalue weighted by Crippen LogP contribution is 2.14. The van der Waals surface area contributed by atoms with Gasteiger partial charge in [-0.15, -0.1) is 0 Å². The lowest BCUT2D eigenvalue weighted by Crippen LogP contribution is -2.36. The predicted octanol–water partition coefficient (Wildman–Crippen LogP) is 0.347. The van der Waals surface area contributed by atoms with E-state index in [2.05, 4.69) is 10.1 Å². The van der Waals surface area contributed by atoms with Crippen LogP contribution < -0.4 is 11.2 Å². The van der Waals surface area contributed by atoms with Crippen molar-refractivity contribution in [2.45, 2.75) is 13.5 Å². The maximum Gasteiger partial charge on any atom is 0.331 e. The summed E-state index contributed by atoms with van der Waals surface area (Å²) in [7, 11) is 0. The molecule has 8 nitrogen and oxygen atoms in total. The van der Waals surface area contributed by atoms with E-state index in [9.17, 15) is 14.7 Å². The third-order valence-corrected chi connectivity index (χ3v) is 4.00. The minimum absolute atomic E-state index is 0.00187. The van der Waals surface area contributed by atoms with E-state index in [1.165, 1.54) is 0 Å². The van der Waals surface area contributed by atoms with Gasteiger partial charge in [0.05, 0.1) is 38.6 Å². The average Bonchev–Trinajstić information content (AvgIpc) is 2.60. The Morgan fingerprint density at radius 2 is 1.92 bits per heavy atom. The van der Waals surface area contributed by atoms with Crippen molar-refractivity contribution >= 4 is 5.71 Å². The van der Waals surface area contributed by atoms with Crippen LogP contribution in [0, 0.1) is 0 Å². The summed E-state index contributed by atoms with van der Waals surface area (Å²) in [6.07, 6.45) is 0. The highest BCUT2D eigenvalue weighted by molar-refractivity contribution is 6.00. The molecule has 2 N–H and O–H groups in total. The lowest BCUT2D eigenvalue weighted by Gasteiger charge is -2.24. The van der Waals surface area contributed by atoms with Crippen LogP contribution in [-0.4, -0.2) is 51.7 Å². The Labute approximate surface area is 144 Å². The second-order valence-electron chi connectivity index (χ2n) is 5.78. The molecule has 0 saturated carbocycles. The predicted molar refractivity (Wildman–Crippen MR) is 93.1 cm³/mol. The van der Waals surface area contributed by atoms with Crippen molar-refractivity contribution in [1.82, 2.24) is 14.6 Å². The number of morpholine rings is 1. The Balaban J connectivity index is 1.99. The van der Waals surface area contributed by atoms with E-state index in [0.717, 1.165) is 10.1 Å². The second-order valence-corrected chi connectivity index (χ2v) is 5.78. The molecule has 132 valence electrons. The van der Waals surface area contributed by atoms with Gasteiger partial charge in [0.15, 0.2) is 0 Å². The molecule has 0 atom stereocenters. The van der Waals surface area contributed by atoms with Crippen molar-refractivity contribution < 1.29 is 9.84 Å². The Morgan fingerprint density at radius 1 is 1.24 bits per heavy atom. The molecule has 25 heavy (non-hydrogen) atoms. The summed E-state index contributed by atoms with van der Waals surface area (Å²) in [5, 5.41) is 16.7. The van der Waals surface area contributed by atoms with Crippen molar-refractivity contribution in [2.75, 3.05) is 26.3 Å². The van der Waals surface area contributed by atoms with Crippen LogP contribution in [0.25, 0.3) is 0 Å². The molecular formula is C17H20N4O4. The Hall–Kier alpha value is -2.87. The molecule has 1 aliphatic heterocycles. The largest absolute Gasteiger partial charge is 0.494 e. The van der Waals surface area contributed by atoms with Gasteiger partial charge in [0.25, 0.3) is 5.56 Å². The topological polar surface area (TPSA) is 99.9 Å². The van der Waals surface area contributed by atoms with E-state index < -0.39 is 11.2 Å². The summed E-state index contributed by atoms with van der Waals surface area (Å²) >= 11 is 0. The Kier molecular flexibility index (Phi) is 4.99. The Bertz CT molecular complexity index is 880. The van der Waals surface area contributed by atoms with Gasteiger partial charge in [-0.25, -0.2) is 4.79 Å². The van der Waals surface area contributed by atoms with Crippen LogP contribution in [0.4, 0.5) is 0 Å². The third kappa shape index (κ3) is 3.80. The number of nitrogens with zero attached hydrogens (tertiary/aromatic N) is 3. The number of aromatic amines is 1. The van der Waals surface area contributed by atoms with E-state index >= 15 is 0 Å². The summed E-state index contributed by atoms with van der Waals surface area (Å²) in [5.41, 5.74) is -0.124. The summed E-state index contributed by atoms with van der Waals surface area (Å²) < 4.78 is 6.39. The highest BCUT2D eigenvalue weighted by Gasteiger charge is 2.18. The monoisotopic (exact) mass is 344 g/mol. The molecule has 2 aromatic rings. The molecule has 0 amide bonds. The average molecular weight is 344 g/mol. The number of H-pyrrole nitrogens is 1. The summed E-state index contributed by atoms with van der Waals surface area (Å²) in [6.45, 7) is 4.13. The number of hydrazone groups is 1. The molecule has 2 heterocycles. The molecule has 8 heteroatoms. The molecule has 1 aromatic heterocycles. The summed E-state index contributed by atoms with van der Waals surface area (Å²) in [5.74, 6) is -0.382. The van der Waals surface area contributed by atoms with Crippen molar-refractivity contribution in [3.63, 3.8) is 0 Å². The minimum atomic E-state index is -0.658. The van der Waals surface area contributed by atoms with Crippen LogP contribution >= 0.6 is 0 Å². The summed E-state index contributed by atoms with van der Waals surface area (Å²) in [4.78, 5) is 26.6. The van der Waals surface area contributed by atoms with Gasteiger partial charge in [0.1, 0.15) is 5.56 Å². The number of rotatable bonds is 4. The smallest absolute Gasteiger partial charge is 0.331 e. The molecule has 1 saturated heterocycles. The van der Waals surface area contributed by atoms with Gasteiger partial charge in [-0.1, -0.05) is 30.3 Å². The molecule has 0 bridgehead atoms. The van der Waals surface area contributed by atoms with Gasteiger partial charge in [-0.2, -0.15) is 5.10 Å². The molecule has 3 rings (SSSR count). The van der Waals surface area contributed by atoms with Crippen LogP contribution in [-0.2, 0) is 11.3 Å². The number of ether oxygens (including phenoxy) is 1. The first-order chi connectivity index (χ1) is 12.1. The molecule has 1 aliphatic rings. The first-order valence-corrected chi connectivity index (χ1v) is 8.04. The van der Waals surface area contributed by atoms with E-state index in [1.807, 2.05) is 30.3 Å². The zero-order chi connectivity index (χ0) is 17.8. The van der Waals surface area contributed by atoms with Crippen LogP contribution in [0.3, 0.4) is 0 Å². The van der Waals surface area contributed by atoms with E-state index in [1.54, 1.807) is 11.9 Å². The number of benzene rings is 1. The van der Waals surface area contributed by atoms with Gasteiger partial charge < -0.3 is 9.84 Å². The van der Waals surface area contributed by atoms with Gasteiger partial charge >= 0.3 is 5.69 Å². The normalized spacial score (nSPS) is 15.4. The standard InChI is InChI=1S/C17H20N4O4/c1-12(19-20-7-9-25-10-8-20)14-15(22)18-17(24)21(16(14)23)11-13-5-3-2-4-6-13/h2-6,23H,7-11H2,1H3,(H,18,22,24)/b19-12+. The maximum atomic E-state index is 12.2. The fraction of sp³-hybridized carbons (Fsp3) is 0.353. The van der Waals surface area contributed by atoms with Gasteiger partial charge in [0.2, 0.25) is 5.88 Å². The van der Waals surface area contributed by atoms with Crippen LogP contribution in [0.2, 0.25) is 0 Å². The van der Waals surface area contributed by atoms with Crippen molar-refractivity contribution in [1.29, 1.82) is 0 Å². The van der Waals surface area contributed by atoms with Crippen molar-refractivity contribution in [3.8, 4) is 5.88 Å². The van der Waals surface area contributed by atoms with Gasteiger partial charge in [-0.05, 0) is 12.5 Å². The molecule has 0 radical (unpaired) electrons. The van der Waals surface area contributed by atoms with Crippen molar-refractivity contribution in [3.05, 3.63) is 62.3 Å². The molecule has 0 unspecified atom stereocenters. The molecule has 0 aliphatic carbocycles. The summed E-state index contributed by atoms with van der Waals surface area (Å²) in [6, 6.07) is 9.23. The number of hydrogen-bond donors (Lipinski definition) is 2. The van der Waals surface area contributed by atoms with E-state index in [4.69, 9.17) is 4.74 Å². The fourth-order valence-corrected chi connectivity index (χ4v) is 2.71. The molecule has 1 fully saturated rings. The van der Waals surface area contributed by atoms with Crippen molar-refractivity contribution in [2.24, 2.45) is 5.10 Å². The molecule has 1 aromatic carbocycles.